The molecule has 12 rings (SSSR count). The lowest BCUT2D eigenvalue weighted by molar-refractivity contribution is -0.399. The van der Waals surface area contributed by atoms with E-state index in [1.807, 2.05) is 0 Å². The first kappa shape index (κ1) is 79.0. The molecule has 5 aliphatic carbocycles. The highest BCUT2D eigenvalue weighted by molar-refractivity contribution is 5.80. The molecule has 0 radical (unpaired) electrons. The van der Waals surface area contributed by atoms with Crippen LogP contribution < -0.4 is 0 Å². The number of carboxylic acids is 1. The van der Waals surface area contributed by atoms with Crippen molar-refractivity contribution in [3.8, 4) is 0 Å². The molecule has 0 aromatic rings. The summed E-state index contributed by atoms with van der Waals surface area (Å²) in [6, 6.07) is 0. The minimum absolute atomic E-state index is 0.00414. The Labute approximate surface area is 589 Å². The smallest absolute Gasteiger partial charge is 0.335 e. The van der Waals surface area contributed by atoms with Gasteiger partial charge in [-0.25, -0.2) is 4.79 Å². The Kier molecular flexibility index (Phi) is 22.8. The Bertz CT molecular complexity index is 2970. The second-order valence-electron chi connectivity index (χ2n) is 33.0. The highest BCUT2D eigenvalue weighted by atomic mass is 16.8. The third-order valence-corrected chi connectivity index (χ3v) is 26.1. The lowest BCUT2D eigenvalue weighted by atomic mass is 9.33. The van der Waals surface area contributed by atoms with E-state index in [-0.39, 0.29) is 30.1 Å². The Hall–Kier alpha value is -2.52. The summed E-state index contributed by atoms with van der Waals surface area (Å²) in [4.78, 5) is 28.2. The molecule has 12 aliphatic rings. The number of hydrogen-bond donors (Lipinski definition) is 18. The zero-order valence-electron chi connectivity index (χ0n) is 58.6. The molecule has 34 heteroatoms. The van der Waals surface area contributed by atoms with Crippen molar-refractivity contribution in [2.24, 2.45) is 50.2 Å². The van der Waals surface area contributed by atoms with Gasteiger partial charge < -0.3 is 158 Å². The van der Waals surface area contributed by atoms with Gasteiger partial charge in [0.1, 0.15) is 127 Å². The summed E-state index contributed by atoms with van der Waals surface area (Å²) in [5.41, 5.74) is -3.30. The van der Waals surface area contributed by atoms with Crippen LogP contribution in [0.5, 0.6) is 0 Å². The van der Waals surface area contributed by atoms with Gasteiger partial charge in [0.2, 0.25) is 6.29 Å². The summed E-state index contributed by atoms with van der Waals surface area (Å²) < 4.78 is 85.1. The van der Waals surface area contributed by atoms with E-state index in [1.54, 1.807) is 0 Å². The van der Waals surface area contributed by atoms with Crippen LogP contribution in [-0.4, -0.2) is 333 Å². The number of esters is 1. The lowest BCUT2D eigenvalue weighted by Gasteiger charge is -2.71. The fourth-order valence-corrected chi connectivity index (χ4v) is 19.8. The Balaban J connectivity index is 0.846. The Morgan fingerprint density at radius 2 is 0.931 bits per heavy atom. The number of ether oxygens (including phenoxy) is 14. The quantitative estimate of drug-likeness (QED) is 0.0415. The van der Waals surface area contributed by atoms with Crippen LogP contribution in [0.2, 0.25) is 0 Å². The molecule has 3 unspecified atom stereocenters. The van der Waals surface area contributed by atoms with E-state index in [2.05, 4.69) is 54.5 Å². The normalized spacial score (nSPS) is 54.7. The van der Waals surface area contributed by atoms with E-state index in [9.17, 15) is 96.7 Å². The molecular weight excluding hydrogens is 1360 g/mol. The van der Waals surface area contributed by atoms with Gasteiger partial charge in [-0.05, 0) is 116 Å². The lowest BCUT2D eigenvalue weighted by Crippen LogP contribution is -2.69. The van der Waals surface area contributed by atoms with Crippen molar-refractivity contribution in [3.05, 3.63) is 11.6 Å². The number of carbonyl (C=O) groups excluding carboxylic acids is 1. The monoisotopic (exact) mass is 1470 g/mol. The van der Waals surface area contributed by atoms with Crippen molar-refractivity contribution >= 4 is 11.9 Å². The summed E-state index contributed by atoms with van der Waals surface area (Å²) in [6.45, 7) is 15.5. The molecule has 7 heterocycles. The van der Waals surface area contributed by atoms with Crippen LogP contribution >= 0.6 is 0 Å². The number of carboxylic acid groups (broad SMARTS) is 1. The average Bonchev–Trinajstić information content (AvgIpc) is 0.671. The van der Waals surface area contributed by atoms with E-state index in [0.29, 0.717) is 44.9 Å². The van der Waals surface area contributed by atoms with Gasteiger partial charge in [-0.15, -0.1) is 0 Å². The van der Waals surface area contributed by atoms with Crippen molar-refractivity contribution in [1.29, 1.82) is 0 Å². The fourth-order valence-electron chi connectivity index (χ4n) is 19.8. The van der Waals surface area contributed by atoms with Gasteiger partial charge in [-0.1, -0.05) is 60.1 Å². The van der Waals surface area contributed by atoms with E-state index >= 15 is 4.79 Å². The average molecular weight is 1470 g/mol. The number of carbonyl (C=O) groups is 2. The first-order chi connectivity index (χ1) is 47.7. The van der Waals surface area contributed by atoms with Crippen molar-refractivity contribution in [1.82, 2.24) is 0 Å². The Morgan fingerprint density at radius 1 is 0.441 bits per heavy atom. The van der Waals surface area contributed by atoms with E-state index in [4.69, 9.17) is 66.3 Å². The standard InChI is InChI=1S/C68H108O34/c1-24-36(74)39(77)44(82)58(93-24)98-50-31(72)23-92-61(53(50)101-60-47(85)51(48(25(2)94-60)96-55-42(80)37(75)28(69)20-89-55)99-57-46(84)49(30(71)22-91-57)97-56-43(81)38(76)29(70)21-90-56)102-62(88)68-17-16-63(3,4)18-27(68)26-10-11-33-65(7)14-13-35(95-59-45(83)40(78)41(79)52(100-59)54(86)87)64(5,6)32(65)12-15-66(33,8)67(26,9)19-34(68)73/h10,24-25,27-53,55-61,69-85H,11-23H2,1-9H3,(H,86,87)/t24-,25-,27?,28+,29+,30+,31+,32?,33?,34+,35-,36-,37-,38-,39+,40-,41-,42+,43+,44+,45+,46+,47+,48-,49-,50-,51-,52-,53+,55-,56-,57-,58-,59+,60-,61-,65-,66+,67+,68+/m0/s1. The van der Waals surface area contributed by atoms with E-state index in [0.717, 1.165) is 5.57 Å². The van der Waals surface area contributed by atoms with E-state index < -0.39 is 274 Å². The zero-order chi connectivity index (χ0) is 74.3. The van der Waals surface area contributed by atoms with Crippen molar-refractivity contribution < 1.29 is 168 Å². The van der Waals surface area contributed by atoms with Crippen LogP contribution in [0.25, 0.3) is 0 Å². The van der Waals surface area contributed by atoms with Crippen molar-refractivity contribution in [3.63, 3.8) is 0 Å². The molecule has 0 spiro atoms. The molecule has 18 N–H and O–H groups in total. The predicted molar refractivity (Wildman–Crippen MR) is 336 cm³/mol. The molecule has 40 atom stereocenters. The summed E-state index contributed by atoms with van der Waals surface area (Å²) >= 11 is 0. The topological polar surface area (TPSA) is 528 Å². The van der Waals surface area contributed by atoms with E-state index in [1.165, 1.54) is 13.8 Å². The van der Waals surface area contributed by atoms with Crippen LogP contribution in [0.15, 0.2) is 11.6 Å². The van der Waals surface area contributed by atoms with Gasteiger partial charge in [0.25, 0.3) is 0 Å². The predicted octanol–water partition coefficient (Wildman–Crippen LogP) is -4.89. The Morgan fingerprint density at radius 3 is 1.55 bits per heavy atom. The van der Waals surface area contributed by atoms with Crippen molar-refractivity contribution in [2.75, 3.05) is 26.4 Å². The van der Waals surface area contributed by atoms with Crippen LogP contribution in [0.3, 0.4) is 0 Å². The van der Waals surface area contributed by atoms with Gasteiger partial charge in [0, 0.05) is 0 Å². The molecule has 102 heavy (non-hydrogen) atoms. The molecule has 0 aromatic heterocycles. The highest BCUT2D eigenvalue weighted by Gasteiger charge is 2.73. The number of fused-ring (bicyclic) bond motifs is 7. The summed E-state index contributed by atoms with van der Waals surface area (Å²) in [6.07, 6.45) is -51.0. The van der Waals surface area contributed by atoms with Gasteiger partial charge >= 0.3 is 11.9 Å². The number of aliphatic hydroxyl groups is 17. The third-order valence-electron chi connectivity index (χ3n) is 26.1. The maximum atomic E-state index is 16.2. The molecule has 0 aromatic carbocycles. The SMILES string of the molecule is C[C@@H]1O[C@@H](O[C@@H]2[C@@H](O[C@@H]3O[C@@H](C)[C@H](O[C@@H]4OC[C@@H](O)[C@H](O)[C@H]4O)[C@@H](O[C@@H]4OC[C@@H](O)[C@H](O[C@@H]5OC[C@@H](O)[C@H](O)[C@H]5O)[C@H]4O)[C@H]3O)[C@H](OC(=O)[C@]34CCC(C)(C)CC3C3=CCC5[C@@]6(C)CC[C@H](O[C@@H]7O[C@H](C(=O)O)[C@@H](O)[C@H](O)[C@H]7O)C(C)(C)C6CC[C@@]5(C)[C@]3(C)C[C@H]4O)OC[C@H]2O)[C@H](O)[C@H](O)[C@H]1O. The molecule has 584 valence electrons. The molecule has 34 nitrogen and oxygen atoms in total. The molecular formula is C68H108O34. The van der Waals surface area contributed by atoms with Crippen LogP contribution in [0.1, 0.15) is 120 Å². The van der Waals surface area contributed by atoms with Crippen molar-refractivity contribution in [2.45, 2.75) is 323 Å². The van der Waals surface area contributed by atoms with Gasteiger partial charge in [0.15, 0.2) is 49.9 Å². The molecule has 0 bridgehead atoms. The molecule has 0 amide bonds. The molecule has 11 fully saturated rings. The van der Waals surface area contributed by atoms with Gasteiger partial charge in [0.05, 0.1) is 50.8 Å². The number of allylic oxidation sites excluding steroid dienone is 2. The summed E-state index contributed by atoms with van der Waals surface area (Å²) in [7, 11) is 0. The second-order valence-corrected chi connectivity index (χ2v) is 33.0. The molecule has 7 aliphatic heterocycles. The number of hydrogen-bond acceptors (Lipinski definition) is 33. The highest BCUT2D eigenvalue weighted by Crippen LogP contribution is 2.76. The third kappa shape index (κ3) is 13.6. The van der Waals surface area contributed by atoms with Gasteiger partial charge in [-0.3, -0.25) is 4.79 Å². The van der Waals surface area contributed by atoms with Crippen LogP contribution in [-0.2, 0) is 75.9 Å². The molecule has 4 saturated carbocycles. The zero-order valence-corrected chi connectivity index (χ0v) is 58.6. The number of aliphatic hydroxyl groups excluding tert-OH is 17. The first-order valence-electron chi connectivity index (χ1n) is 35.8. The van der Waals surface area contributed by atoms with Crippen LogP contribution in [0.4, 0.5) is 0 Å². The maximum absolute atomic E-state index is 16.2. The molecule has 7 saturated heterocycles. The minimum Gasteiger partial charge on any atom is -0.479 e. The maximum Gasteiger partial charge on any atom is 0.335 e. The summed E-state index contributed by atoms with van der Waals surface area (Å²) in [5.74, 6) is -3.10. The summed E-state index contributed by atoms with van der Waals surface area (Å²) in [5, 5.41) is 200. The number of aliphatic carboxylic acids is 1. The van der Waals surface area contributed by atoms with Crippen LogP contribution in [0, 0.1) is 50.2 Å². The van der Waals surface area contributed by atoms with Gasteiger partial charge in [-0.2, -0.15) is 0 Å². The second kappa shape index (κ2) is 29.4. The minimum atomic E-state index is -2.20. The fraction of sp³-hybridized carbons (Fsp3) is 0.941. The largest absolute Gasteiger partial charge is 0.479 e. The number of rotatable bonds is 15. The first-order valence-corrected chi connectivity index (χ1v) is 35.8.